The molecule has 0 saturated heterocycles. The number of carbonyl (C=O) groups excluding carboxylic acids is 2. The molecule has 4 aromatic rings. The lowest BCUT2D eigenvalue weighted by Gasteiger charge is -2.10. The predicted octanol–water partition coefficient (Wildman–Crippen LogP) is 4.66. The Morgan fingerprint density at radius 2 is 1.68 bits per heavy atom. The molecule has 3 aromatic carbocycles. The van der Waals surface area contributed by atoms with Gasteiger partial charge in [-0.25, -0.2) is 4.39 Å². The topological polar surface area (TPSA) is 86.1 Å². The van der Waals surface area contributed by atoms with E-state index in [9.17, 15) is 14.0 Å². The number of nitrogens with zero attached hydrogens (tertiary/aromatic N) is 3. The Bertz CT molecular complexity index is 1280. The minimum atomic E-state index is -0.560. The van der Waals surface area contributed by atoms with Gasteiger partial charge in [-0.15, -0.1) is 10.2 Å². The summed E-state index contributed by atoms with van der Waals surface area (Å²) in [6.45, 7) is 1.56. The van der Waals surface area contributed by atoms with Crippen LogP contribution in [0, 0.1) is 12.7 Å². The fourth-order valence-corrected chi connectivity index (χ4v) is 3.85. The quantitative estimate of drug-likeness (QED) is 0.294. The summed E-state index contributed by atoms with van der Waals surface area (Å²) in [6.07, 6.45) is 0. The van der Waals surface area contributed by atoms with Crippen molar-refractivity contribution >= 4 is 29.3 Å². The van der Waals surface area contributed by atoms with Gasteiger partial charge in [-0.2, -0.15) is 0 Å². The Hall–Kier alpha value is -3.98. The molecule has 7 nitrogen and oxygen atoms in total. The second kappa shape index (κ2) is 10.8. The molecule has 0 fully saturated rings. The number of amides is 1. The average Bonchev–Trinajstić information content (AvgIpc) is 3.28. The SMILES string of the molecule is Cc1ccc(NC(=O)COC(=O)CSc2nnc(-c3ccc(F)cc3)n2-c2ccccc2)cc1. The predicted molar refractivity (Wildman–Crippen MR) is 128 cm³/mol. The van der Waals surface area contributed by atoms with E-state index in [4.69, 9.17) is 4.74 Å². The van der Waals surface area contributed by atoms with E-state index in [0.717, 1.165) is 23.0 Å². The van der Waals surface area contributed by atoms with Crippen LogP contribution in [0.2, 0.25) is 0 Å². The largest absolute Gasteiger partial charge is 0.455 e. The fraction of sp³-hybridized carbons (Fsp3) is 0.120. The first-order valence-corrected chi connectivity index (χ1v) is 11.4. The minimum Gasteiger partial charge on any atom is -0.455 e. The summed E-state index contributed by atoms with van der Waals surface area (Å²) in [7, 11) is 0. The van der Waals surface area contributed by atoms with Crippen LogP contribution in [-0.4, -0.2) is 39.0 Å². The van der Waals surface area contributed by atoms with Crippen molar-refractivity contribution < 1.29 is 18.7 Å². The van der Waals surface area contributed by atoms with Gasteiger partial charge in [0, 0.05) is 16.9 Å². The zero-order valence-corrected chi connectivity index (χ0v) is 19.1. The second-order valence-corrected chi connectivity index (χ2v) is 8.29. The van der Waals surface area contributed by atoms with E-state index < -0.39 is 11.9 Å². The number of esters is 1. The molecular weight excluding hydrogens is 455 g/mol. The van der Waals surface area contributed by atoms with Crippen LogP contribution < -0.4 is 5.32 Å². The van der Waals surface area contributed by atoms with Crippen molar-refractivity contribution in [2.75, 3.05) is 17.7 Å². The summed E-state index contributed by atoms with van der Waals surface area (Å²) in [5, 5.41) is 11.6. The number of hydrogen-bond acceptors (Lipinski definition) is 6. The van der Waals surface area contributed by atoms with E-state index in [2.05, 4.69) is 15.5 Å². The molecule has 1 heterocycles. The lowest BCUT2D eigenvalue weighted by molar-refractivity contribution is -0.144. The first kappa shape index (κ1) is 23.2. The molecule has 0 bridgehead atoms. The van der Waals surface area contributed by atoms with Crippen molar-refractivity contribution in [2.45, 2.75) is 12.1 Å². The summed E-state index contributed by atoms with van der Waals surface area (Å²) >= 11 is 1.13. The highest BCUT2D eigenvalue weighted by atomic mass is 32.2. The third-order valence-corrected chi connectivity index (χ3v) is 5.67. The Morgan fingerprint density at radius 3 is 2.38 bits per heavy atom. The zero-order chi connectivity index (χ0) is 23.9. The van der Waals surface area contributed by atoms with Crippen molar-refractivity contribution in [3.05, 3.63) is 90.2 Å². The van der Waals surface area contributed by atoms with Gasteiger partial charge in [-0.1, -0.05) is 47.7 Å². The molecule has 0 atom stereocenters. The Morgan fingerprint density at radius 1 is 0.971 bits per heavy atom. The highest BCUT2D eigenvalue weighted by Crippen LogP contribution is 2.28. The van der Waals surface area contributed by atoms with E-state index in [1.165, 1.54) is 12.1 Å². The van der Waals surface area contributed by atoms with Crippen LogP contribution >= 0.6 is 11.8 Å². The number of ether oxygens (including phenoxy) is 1. The number of aryl methyl sites for hydroxylation is 1. The maximum Gasteiger partial charge on any atom is 0.316 e. The molecule has 172 valence electrons. The smallest absolute Gasteiger partial charge is 0.316 e. The maximum atomic E-state index is 13.4. The minimum absolute atomic E-state index is 0.0633. The molecule has 0 saturated carbocycles. The lowest BCUT2D eigenvalue weighted by atomic mass is 10.2. The van der Waals surface area contributed by atoms with E-state index >= 15 is 0 Å². The first-order valence-electron chi connectivity index (χ1n) is 10.4. The molecule has 0 aliphatic heterocycles. The number of thioether (sulfide) groups is 1. The van der Waals surface area contributed by atoms with Crippen LogP contribution in [0.4, 0.5) is 10.1 Å². The molecule has 0 spiro atoms. The number of carbonyl (C=O) groups is 2. The highest BCUT2D eigenvalue weighted by Gasteiger charge is 2.18. The number of halogens is 1. The maximum absolute atomic E-state index is 13.4. The van der Waals surface area contributed by atoms with Gasteiger partial charge in [-0.3, -0.25) is 14.2 Å². The van der Waals surface area contributed by atoms with Crippen molar-refractivity contribution in [2.24, 2.45) is 0 Å². The Kier molecular flexibility index (Phi) is 7.34. The number of anilines is 1. The standard InChI is InChI=1S/C25H21FN4O3S/c1-17-7-13-20(14-8-17)27-22(31)15-33-23(32)16-34-25-29-28-24(18-9-11-19(26)12-10-18)30(25)21-5-3-2-4-6-21/h2-14H,15-16H2,1H3,(H,27,31). The van der Waals surface area contributed by atoms with E-state index in [0.29, 0.717) is 22.2 Å². The van der Waals surface area contributed by atoms with Crippen LogP contribution in [0.15, 0.2) is 84.0 Å². The normalized spacial score (nSPS) is 10.6. The number of benzene rings is 3. The van der Waals surface area contributed by atoms with Gasteiger partial charge in [0.1, 0.15) is 5.82 Å². The number of hydrogen-bond donors (Lipinski definition) is 1. The third-order valence-electron chi connectivity index (χ3n) is 4.77. The van der Waals surface area contributed by atoms with Crippen LogP contribution in [0.5, 0.6) is 0 Å². The Labute approximate surface area is 200 Å². The monoisotopic (exact) mass is 476 g/mol. The molecule has 1 aromatic heterocycles. The molecule has 0 radical (unpaired) electrons. The molecular formula is C25H21FN4O3S. The van der Waals surface area contributed by atoms with Gasteiger partial charge in [0.15, 0.2) is 17.6 Å². The van der Waals surface area contributed by atoms with Crippen LogP contribution in [0.25, 0.3) is 17.1 Å². The number of para-hydroxylation sites is 1. The summed E-state index contributed by atoms with van der Waals surface area (Å²) in [6, 6.07) is 22.7. The van der Waals surface area contributed by atoms with Gasteiger partial charge >= 0.3 is 5.97 Å². The highest BCUT2D eigenvalue weighted by molar-refractivity contribution is 7.99. The van der Waals surface area contributed by atoms with E-state index in [1.807, 2.05) is 49.4 Å². The van der Waals surface area contributed by atoms with Gasteiger partial charge in [0.25, 0.3) is 5.91 Å². The van der Waals surface area contributed by atoms with Gasteiger partial charge in [0.05, 0.1) is 5.75 Å². The Balaban J connectivity index is 1.41. The molecule has 0 unspecified atom stereocenters. The zero-order valence-electron chi connectivity index (χ0n) is 18.3. The lowest BCUT2D eigenvalue weighted by Crippen LogP contribution is -2.21. The molecule has 9 heteroatoms. The van der Waals surface area contributed by atoms with Crippen LogP contribution in [0.3, 0.4) is 0 Å². The van der Waals surface area contributed by atoms with Crippen molar-refractivity contribution in [3.8, 4) is 17.1 Å². The fourth-order valence-electron chi connectivity index (χ4n) is 3.10. The molecule has 0 aliphatic rings. The van der Waals surface area contributed by atoms with Gasteiger partial charge < -0.3 is 10.1 Å². The summed E-state index contributed by atoms with van der Waals surface area (Å²) in [5.74, 6) is -0.882. The molecule has 34 heavy (non-hydrogen) atoms. The molecule has 0 aliphatic carbocycles. The van der Waals surface area contributed by atoms with E-state index in [1.54, 1.807) is 28.8 Å². The number of rotatable bonds is 8. The number of aromatic nitrogens is 3. The summed E-state index contributed by atoms with van der Waals surface area (Å²) in [4.78, 5) is 24.3. The summed E-state index contributed by atoms with van der Waals surface area (Å²) < 4.78 is 20.3. The first-order chi connectivity index (χ1) is 16.5. The van der Waals surface area contributed by atoms with Crippen LogP contribution in [-0.2, 0) is 14.3 Å². The van der Waals surface area contributed by atoms with Crippen molar-refractivity contribution in [3.63, 3.8) is 0 Å². The van der Waals surface area contributed by atoms with Crippen LogP contribution in [0.1, 0.15) is 5.56 Å². The average molecular weight is 477 g/mol. The summed E-state index contributed by atoms with van der Waals surface area (Å²) in [5.41, 5.74) is 3.18. The molecule has 4 rings (SSSR count). The van der Waals surface area contributed by atoms with Crippen molar-refractivity contribution in [1.82, 2.24) is 14.8 Å². The molecule has 1 amide bonds. The van der Waals surface area contributed by atoms with Crippen molar-refractivity contribution in [1.29, 1.82) is 0 Å². The second-order valence-electron chi connectivity index (χ2n) is 7.35. The van der Waals surface area contributed by atoms with Gasteiger partial charge in [0.2, 0.25) is 0 Å². The third kappa shape index (κ3) is 5.87. The molecule has 1 N–H and O–H groups in total. The number of nitrogens with one attached hydrogen (secondary N) is 1. The van der Waals surface area contributed by atoms with E-state index in [-0.39, 0.29) is 18.2 Å². The van der Waals surface area contributed by atoms with Gasteiger partial charge in [-0.05, 0) is 55.5 Å².